The van der Waals surface area contributed by atoms with Gasteiger partial charge in [0.1, 0.15) is 0 Å². The second-order valence-corrected chi connectivity index (χ2v) is 7.23. The monoisotopic (exact) mass is 299 g/mol. The van der Waals surface area contributed by atoms with Gasteiger partial charge >= 0.3 is 0 Å². The van der Waals surface area contributed by atoms with E-state index in [1.54, 1.807) is 12.1 Å². The van der Waals surface area contributed by atoms with E-state index >= 15 is 0 Å². The summed E-state index contributed by atoms with van der Waals surface area (Å²) in [6, 6.07) is 5.46. The molecule has 0 spiro atoms. The van der Waals surface area contributed by atoms with Crippen LogP contribution < -0.4 is 11.1 Å². The van der Waals surface area contributed by atoms with Gasteiger partial charge in [-0.15, -0.1) is 0 Å². The molecule has 0 fully saturated rings. The maximum atomic E-state index is 12.0. The predicted molar refractivity (Wildman–Crippen MR) is 78.8 cm³/mol. The molecule has 1 rings (SSSR count). The Labute approximate surface area is 120 Å². The summed E-state index contributed by atoms with van der Waals surface area (Å²) in [6.45, 7) is 3.69. The van der Waals surface area contributed by atoms with Gasteiger partial charge in [-0.1, -0.05) is 19.9 Å². The van der Waals surface area contributed by atoms with Crippen LogP contribution in [0.2, 0.25) is 0 Å². The summed E-state index contributed by atoms with van der Waals surface area (Å²) in [4.78, 5) is 12.0. The molecule has 112 valence electrons. The first-order chi connectivity index (χ1) is 9.16. The summed E-state index contributed by atoms with van der Waals surface area (Å²) in [5.74, 6) is -0.330. The van der Waals surface area contributed by atoms with Crippen LogP contribution >= 0.6 is 0 Å². The van der Waals surface area contributed by atoms with Gasteiger partial charge in [-0.25, -0.2) is 12.7 Å². The van der Waals surface area contributed by atoms with Crippen LogP contribution in [0.4, 0.5) is 5.69 Å². The van der Waals surface area contributed by atoms with Crippen molar-refractivity contribution in [2.24, 2.45) is 11.7 Å². The molecule has 0 heterocycles. The molecule has 0 aliphatic carbocycles. The Balaban J connectivity index is 2.98. The summed E-state index contributed by atoms with van der Waals surface area (Å²) in [7, 11) is -0.614. The molecular formula is C13H21N3O3S. The lowest BCUT2D eigenvalue weighted by Crippen LogP contribution is -2.39. The molecule has 0 saturated heterocycles. The molecule has 7 heteroatoms. The van der Waals surface area contributed by atoms with Gasteiger partial charge in [0.25, 0.3) is 0 Å². The van der Waals surface area contributed by atoms with Gasteiger partial charge in [0.15, 0.2) is 0 Å². The lowest BCUT2D eigenvalue weighted by molar-refractivity contribution is -0.118. The molecule has 0 bridgehead atoms. The van der Waals surface area contributed by atoms with Gasteiger partial charge in [-0.2, -0.15) is 0 Å². The van der Waals surface area contributed by atoms with Crippen molar-refractivity contribution in [3.63, 3.8) is 0 Å². The van der Waals surface area contributed by atoms with E-state index in [1.165, 1.54) is 26.2 Å². The zero-order valence-corrected chi connectivity index (χ0v) is 12.9. The van der Waals surface area contributed by atoms with E-state index in [2.05, 4.69) is 5.32 Å². The van der Waals surface area contributed by atoms with E-state index in [-0.39, 0.29) is 16.7 Å². The maximum Gasteiger partial charge on any atom is 0.242 e. The van der Waals surface area contributed by atoms with Gasteiger partial charge in [0, 0.05) is 19.8 Å². The Morgan fingerprint density at radius 2 is 1.90 bits per heavy atom. The van der Waals surface area contributed by atoms with Crippen molar-refractivity contribution in [2.45, 2.75) is 24.8 Å². The smallest absolute Gasteiger partial charge is 0.242 e. The maximum absolute atomic E-state index is 12.0. The number of nitrogens with two attached hydrogens (primary N) is 1. The van der Waals surface area contributed by atoms with Crippen molar-refractivity contribution >= 4 is 21.6 Å². The normalized spacial score (nSPS) is 13.6. The highest BCUT2D eigenvalue weighted by Gasteiger charge is 2.20. The highest BCUT2D eigenvalue weighted by Crippen LogP contribution is 2.18. The standard InChI is InChI=1S/C13H21N3O3S/c1-9(2)12(14)13(17)15-10-6-5-7-11(8-10)20(18,19)16(3)4/h5-9,12H,14H2,1-4H3,(H,15,17). The Hall–Kier alpha value is -1.44. The number of hydrogen-bond acceptors (Lipinski definition) is 4. The molecule has 6 nitrogen and oxygen atoms in total. The fourth-order valence-electron chi connectivity index (χ4n) is 1.47. The third-order valence-corrected chi connectivity index (χ3v) is 4.71. The number of nitrogens with one attached hydrogen (secondary N) is 1. The van der Waals surface area contributed by atoms with Crippen LogP contribution in [0.15, 0.2) is 29.2 Å². The van der Waals surface area contributed by atoms with E-state index in [9.17, 15) is 13.2 Å². The van der Waals surface area contributed by atoms with Gasteiger partial charge in [-0.3, -0.25) is 4.79 Å². The summed E-state index contributed by atoms with van der Waals surface area (Å²) < 4.78 is 25.1. The minimum absolute atomic E-state index is 0.00342. The number of carbonyl (C=O) groups excluding carboxylic acids is 1. The summed E-state index contributed by atoms with van der Waals surface area (Å²) in [5, 5.41) is 2.63. The fraction of sp³-hybridized carbons (Fsp3) is 0.462. The largest absolute Gasteiger partial charge is 0.325 e. The van der Waals surface area contributed by atoms with Crippen LogP contribution in [0.25, 0.3) is 0 Å². The van der Waals surface area contributed by atoms with Crippen LogP contribution in [0.5, 0.6) is 0 Å². The van der Waals surface area contributed by atoms with Crippen LogP contribution in [0.1, 0.15) is 13.8 Å². The molecule has 1 atom stereocenters. The number of anilines is 1. The average Bonchev–Trinajstić information content (AvgIpc) is 2.37. The Morgan fingerprint density at radius 3 is 2.40 bits per heavy atom. The van der Waals surface area contributed by atoms with E-state index in [0.29, 0.717) is 5.69 Å². The van der Waals surface area contributed by atoms with Crippen LogP contribution in [0.3, 0.4) is 0 Å². The zero-order valence-electron chi connectivity index (χ0n) is 12.1. The third kappa shape index (κ3) is 3.78. The van der Waals surface area contributed by atoms with Gasteiger partial charge < -0.3 is 11.1 Å². The molecule has 1 aromatic rings. The van der Waals surface area contributed by atoms with Crippen LogP contribution in [-0.4, -0.2) is 38.8 Å². The van der Waals surface area contributed by atoms with Crippen molar-refractivity contribution in [1.82, 2.24) is 4.31 Å². The Bertz CT molecular complexity index is 582. The molecule has 0 aliphatic heterocycles. The SMILES string of the molecule is CC(C)C(N)C(=O)Nc1cccc(S(=O)(=O)N(C)C)c1. The minimum Gasteiger partial charge on any atom is -0.325 e. The molecule has 3 N–H and O–H groups in total. The van der Waals surface area contributed by atoms with Crippen LogP contribution in [-0.2, 0) is 14.8 Å². The number of amides is 1. The molecule has 0 aromatic heterocycles. The topological polar surface area (TPSA) is 92.5 Å². The highest BCUT2D eigenvalue weighted by molar-refractivity contribution is 7.89. The summed E-state index contributed by atoms with van der Waals surface area (Å²) in [5.41, 5.74) is 6.15. The minimum atomic E-state index is -3.52. The van der Waals surface area contributed by atoms with E-state index in [4.69, 9.17) is 5.73 Å². The van der Waals surface area contributed by atoms with Crippen molar-refractivity contribution in [1.29, 1.82) is 0 Å². The molecule has 1 unspecified atom stereocenters. The number of nitrogens with zero attached hydrogens (tertiary/aromatic N) is 1. The first-order valence-electron chi connectivity index (χ1n) is 6.25. The summed E-state index contributed by atoms with van der Waals surface area (Å²) in [6.07, 6.45) is 0. The molecular weight excluding hydrogens is 278 g/mol. The highest BCUT2D eigenvalue weighted by atomic mass is 32.2. The predicted octanol–water partition coefficient (Wildman–Crippen LogP) is 0.859. The number of rotatable bonds is 5. The summed E-state index contributed by atoms with van der Waals surface area (Å²) >= 11 is 0. The second kappa shape index (κ2) is 6.34. The Kier molecular flexibility index (Phi) is 5.27. The van der Waals surface area contributed by atoms with Gasteiger partial charge in [0.2, 0.25) is 15.9 Å². The number of hydrogen-bond donors (Lipinski definition) is 2. The lowest BCUT2D eigenvalue weighted by atomic mass is 10.1. The van der Waals surface area contributed by atoms with E-state index < -0.39 is 16.1 Å². The molecule has 0 radical (unpaired) electrons. The number of sulfonamides is 1. The van der Waals surface area contributed by atoms with E-state index in [1.807, 2.05) is 13.8 Å². The number of carbonyl (C=O) groups is 1. The van der Waals surface area contributed by atoms with Crippen molar-refractivity contribution in [3.8, 4) is 0 Å². The fourth-order valence-corrected chi connectivity index (χ4v) is 2.42. The molecule has 1 aromatic carbocycles. The van der Waals surface area contributed by atoms with Crippen molar-refractivity contribution < 1.29 is 13.2 Å². The third-order valence-electron chi connectivity index (χ3n) is 2.90. The van der Waals surface area contributed by atoms with E-state index in [0.717, 1.165) is 4.31 Å². The molecule has 0 saturated carbocycles. The van der Waals surface area contributed by atoms with Crippen LogP contribution in [0, 0.1) is 5.92 Å². The Morgan fingerprint density at radius 1 is 1.30 bits per heavy atom. The van der Waals surface area contributed by atoms with Gasteiger partial charge in [-0.05, 0) is 24.1 Å². The lowest BCUT2D eigenvalue weighted by Gasteiger charge is -2.16. The van der Waals surface area contributed by atoms with Crippen molar-refractivity contribution in [2.75, 3.05) is 19.4 Å². The average molecular weight is 299 g/mol. The van der Waals surface area contributed by atoms with Crippen molar-refractivity contribution in [3.05, 3.63) is 24.3 Å². The molecule has 0 aliphatic rings. The van der Waals surface area contributed by atoms with Gasteiger partial charge in [0.05, 0.1) is 10.9 Å². The molecule has 1 amide bonds. The quantitative estimate of drug-likeness (QED) is 0.843. The second-order valence-electron chi connectivity index (χ2n) is 5.07. The zero-order chi connectivity index (χ0) is 15.5. The first-order valence-corrected chi connectivity index (χ1v) is 7.69. The molecule has 20 heavy (non-hydrogen) atoms. The first kappa shape index (κ1) is 16.6. The number of benzene rings is 1.